The number of nitrogens with zero attached hydrogens (tertiary/aromatic N) is 4. The van der Waals surface area contributed by atoms with Gasteiger partial charge in [0, 0.05) is 31.5 Å². The molecule has 0 saturated carbocycles. The first kappa shape index (κ1) is 25.2. The average Bonchev–Trinajstić information content (AvgIpc) is 3.21. The van der Waals surface area contributed by atoms with Gasteiger partial charge in [-0.2, -0.15) is 0 Å². The number of rotatable bonds is 3. The van der Waals surface area contributed by atoms with Gasteiger partial charge in [0.25, 0.3) is 0 Å². The monoisotopic (exact) mass is 535 g/mol. The van der Waals surface area contributed by atoms with E-state index in [1.54, 1.807) is 40.1 Å². The van der Waals surface area contributed by atoms with E-state index in [1.807, 2.05) is 6.07 Å². The van der Waals surface area contributed by atoms with Crippen molar-refractivity contribution in [1.82, 2.24) is 24.4 Å². The Bertz CT molecular complexity index is 1580. The van der Waals surface area contributed by atoms with E-state index in [9.17, 15) is 23.5 Å². The summed E-state index contributed by atoms with van der Waals surface area (Å²) in [7, 11) is 0. The molecule has 3 unspecified atom stereocenters. The molecule has 1 fully saturated rings. The summed E-state index contributed by atoms with van der Waals surface area (Å²) >= 11 is 0. The predicted molar refractivity (Wildman–Crippen MR) is 137 cm³/mol. The van der Waals surface area contributed by atoms with E-state index in [2.05, 4.69) is 15.0 Å². The number of piperidine rings is 1. The molecular formula is C28H27F2N5O4. The van der Waals surface area contributed by atoms with Crippen molar-refractivity contribution in [3.05, 3.63) is 93.8 Å². The minimum atomic E-state index is -1.17. The van der Waals surface area contributed by atoms with Gasteiger partial charge in [0.15, 0.2) is 23.4 Å². The summed E-state index contributed by atoms with van der Waals surface area (Å²) in [6.07, 6.45) is 1.80. The number of imidazole rings is 1. The first-order valence-corrected chi connectivity index (χ1v) is 13.0. The number of aliphatic hydroxyl groups is 1. The molecule has 1 aliphatic heterocycles. The van der Waals surface area contributed by atoms with Gasteiger partial charge in [-0.25, -0.2) is 23.4 Å². The molecule has 1 aliphatic carbocycles. The summed E-state index contributed by atoms with van der Waals surface area (Å²) in [5.74, 6) is -2.42. The molecule has 1 saturated heterocycles. The van der Waals surface area contributed by atoms with E-state index in [-0.39, 0.29) is 23.7 Å². The Morgan fingerprint density at radius 1 is 1.05 bits per heavy atom. The van der Waals surface area contributed by atoms with Gasteiger partial charge in [0.1, 0.15) is 0 Å². The van der Waals surface area contributed by atoms with E-state index >= 15 is 0 Å². The molecule has 3 atom stereocenters. The molecule has 202 valence electrons. The molecule has 6 rings (SSSR count). The van der Waals surface area contributed by atoms with Crippen molar-refractivity contribution in [3.63, 3.8) is 0 Å². The molecule has 0 bridgehead atoms. The number of aromatic amines is 1. The van der Waals surface area contributed by atoms with Crippen molar-refractivity contribution in [2.45, 2.75) is 49.9 Å². The third kappa shape index (κ3) is 4.67. The molecule has 11 heteroatoms. The summed E-state index contributed by atoms with van der Waals surface area (Å²) in [6.45, 7) is 0.718. The lowest BCUT2D eigenvalue weighted by atomic mass is 9.89. The zero-order valence-corrected chi connectivity index (χ0v) is 21.0. The van der Waals surface area contributed by atoms with E-state index in [0.29, 0.717) is 49.3 Å². The molecule has 3 aromatic heterocycles. The van der Waals surface area contributed by atoms with Crippen LogP contribution >= 0.6 is 0 Å². The molecule has 0 radical (unpaired) electrons. The van der Waals surface area contributed by atoms with Gasteiger partial charge in [-0.1, -0.05) is 18.2 Å². The molecule has 4 heterocycles. The number of ether oxygens (including phenoxy) is 1. The second-order valence-electron chi connectivity index (χ2n) is 10.1. The van der Waals surface area contributed by atoms with Gasteiger partial charge in [0.05, 0.1) is 17.3 Å². The minimum absolute atomic E-state index is 0.0638. The van der Waals surface area contributed by atoms with Crippen LogP contribution < -0.4 is 5.69 Å². The Morgan fingerprint density at radius 3 is 2.64 bits per heavy atom. The quantitative estimate of drug-likeness (QED) is 0.384. The number of likely N-dealkylation sites (tertiary alicyclic amines) is 1. The fraction of sp³-hybridized carbons (Fsp3) is 0.357. The molecule has 4 aromatic rings. The van der Waals surface area contributed by atoms with E-state index in [1.165, 1.54) is 12.1 Å². The highest BCUT2D eigenvalue weighted by Crippen LogP contribution is 2.39. The van der Waals surface area contributed by atoms with Crippen LogP contribution in [0, 0.1) is 11.6 Å². The van der Waals surface area contributed by atoms with Crippen molar-refractivity contribution < 1.29 is 23.4 Å². The molecule has 1 aromatic carbocycles. The number of amides is 1. The standard InChI is InChI=1S/C28H27F2N5O4/c29-20-6-1-5-19(23(20)30)17-14-16-4-2-10-31-24(16)25(22(36)15-17)39-28(38)34-12-8-18(9-13-34)35-21-7-3-11-32-26(21)33-27(35)37/h1-7,10-11,17-18,22,25,36H,8-9,12-15H2,(H,32,33,37). The molecule has 2 N–H and O–H groups in total. The van der Waals surface area contributed by atoms with Crippen LogP contribution in [0.15, 0.2) is 59.7 Å². The maximum atomic E-state index is 14.6. The second kappa shape index (κ2) is 10.2. The van der Waals surface area contributed by atoms with E-state index in [0.717, 1.165) is 11.6 Å². The number of carbonyl (C=O) groups is 1. The van der Waals surface area contributed by atoms with E-state index < -0.39 is 35.9 Å². The molecule has 0 spiro atoms. The summed E-state index contributed by atoms with van der Waals surface area (Å²) in [5, 5.41) is 11.1. The maximum Gasteiger partial charge on any atom is 0.410 e. The number of aromatic nitrogens is 4. The normalized spacial score (nSPS) is 21.9. The molecule has 2 aliphatic rings. The molecule has 39 heavy (non-hydrogen) atoms. The zero-order chi connectivity index (χ0) is 27.1. The Balaban J connectivity index is 1.18. The maximum absolute atomic E-state index is 14.6. The lowest BCUT2D eigenvalue weighted by Gasteiger charge is -2.33. The fourth-order valence-corrected chi connectivity index (χ4v) is 5.84. The van der Waals surface area contributed by atoms with Crippen molar-refractivity contribution in [3.8, 4) is 0 Å². The van der Waals surface area contributed by atoms with Crippen LogP contribution in [-0.4, -0.2) is 54.8 Å². The molecule has 1 amide bonds. The number of carbonyl (C=O) groups excluding carboxylic acids is 1. The summed E-state index contributed by atoms with van der Waals surface area (Å²) in [5.41, 5.74) is 2.28. The van der Waals surface area contributed by atoms with Crippen LogP contribution in [0.4, 0.5) is 13.6 Å². The number of halogens is 2. The van der Waals surface area contributed by atoms with Crippen molar-refractivity contribution in [2.75, 3.05) is 13.1 Å². The summed E-state index contributed by atoms with van der Waals surface area (Å²) < 4.78 is 36.1. The van der Waals surface area contributed by atoms with Gasteiger partial charge in [-0.3, -0.25) is 14.5 Å². The number of H-pyrrole nitrogens is 1. The number of aliphatic hydroxyl groups excluding tert-OH is 1. The summed E-state index contributed by atoms with van der Waals surface area (Å²) in [6, 6.07) is 11.0. The van der Waals surface area contributed by atoms with Crippen LogP contribution in [-0.2, 0) is 11.2 Å². The van der Waals surface area contributed by atoms with Crippen LogP contribution in [0.5, 0.6) is 0 Å². The number of pyridine rings is 2. The van der Waals surface area contributed by atoms with Crippen LogP contribution in [0.3, 0.4) is 0 Å². The third-order valence-corrected chi connectivity index (χ3v) is 7.76. The highest BCUT2D eigenvalue weighted by atomic mass is 19.2. The Hall–Kier alpha value is -4.12. The summed E-state index contributed by atoms with van der Waals surface area (Å²) in [4.78, 5) is 38.7. The molecular weight excluding hydrogens is 508 g/mol. The van der Waals surface area contributed by atoms with Crippen LogP contribution in [0.2, 0.25) is 0 Å². The highest BCUT2D eigenvalue weighted by Gasteiger charge is 2.37. The Kier molecular flexibility index (Phi) is 6.59. The Morgan fingerprint density at radius 2 is 1.82 bits per heavy atom. The lowest BCUT2D eigenvalue weighted by molar-refractivity contribution is -0.0218. The fourth-order valence-electron chi connectivity index (χ4n) is 5.84. The molecule has 9 nitrogen and oxygen atoms in total. The number of nitrogens with one attached hydrogen (secondary N) is 1. The number of fused-ring (bicyclic) bond motifs is 2. The zero-order valence-electron chi connectivity index (χ0n) is 21.0. The second-order valence-corrected chi connectivity index (χ2v) is 10.1. The number of hydrogen-bond donors (Lipinski definition) is 2. The van der Waals surface area contributed by atoms with Gasteiger partial charge >= 0.3 is 11.8 Å². The number of benzene rings is 1. The lowest BCUT2D eigenvalue weighted by Crippen LogP contribution is -2.42. The first-order chi connectivity index (χ1) is 18.9. The SMILES string of the molecule is O=C(OC1c2ncccc2CC(c2cccc(F)c2F)CC1O)N1CCC(n2c(=O)[nH]c3ncccc32)CC1. The smallest absolute Gasteiger partial charge is 0.410 e. The van der Waals surface area contributed by atoms with Crippen LogP contribution in [0.25, 0.3) is 11.2 Å². The van der Waals surface area contributed by atoms with Gasteiger partial charge in [-0.05, 0) is 67.0 Å². The first-order valence-electron chi connectivity index (χ1n) is 13.0. The van der Waals surface area contributed by atoms with E-state index in [4.69, 9.17) is 4.74 Å². The number of hydrogen-bond acceptors (Lipinski definition) is 6. The van der Waals surface area contributed by atoms with Crippen LogP contribution in [0.1, 0.15) is 54.1 Å². The average molecular weight is 536 g/mol. The predicted octanol–water partition coefficient (Wildman–Crippen LogP) is 4.00. The topological polar surface area (TPSA) is 113 Å². The van der Waals surface area contributed by atoms with Crippen molar-refractivity contribution in [2.24, 2.45) is 0 Å². The van der Waals surface area contributed by atoms with Gasteiger partial charge in [0.2, 0.25) is 0 Å². The van der Waals surface area contributed by atoms with Gasteiger partial charge < -0.3 is 14.7 Å². The minimum Gasteiger partial charge on any atom is -0.437 e. The highest BCUT2D eigenvalue weighted by molar-refractivity contribution is 5.70. The van der Waals surface area contributed by atoms with Crippen molar-refractivity contribution in [1.29, 1.82) is 0 Å². The third-order valence-electron chi connectivity index (χ3n) is 7.76. The van der Waals surface area contributed by atoms with Gasteiger partial charge in [-0.15, -0.1) is 0 Å². The van der Waals surface area contributed by atoms with Crippen molar-refractivity contribution >= 4 is 17.3 Å². The largest absolute Gasteiger partial charge is 0.437 e. The Labute approximate surface area is 222 Å².